The number of benzene rings is 1. The van der Waals surface area contributed by atoms with E-state index in [0.29, 0.717) is 12.5 Å². The summed E-state index contributed by atoms with van der Waals surface area (Å²) in [4.78, 5) is 11.8. The molecule has 0 aliphatic heterocycles. The molecule has 0 bridgehead atoms. The fraction of sp³-hybridized carbons (Fsp3) is 0.562. The number of amides is 1. The Bertz CT molecular complexity index is 377. The van der Waals surface area contributed by atoms with Crippen LogP contribution in [0.15, 0.2) is 24.3 Å². The van der Waals surface area contributed by atoms with Gasteiger partial charge in [-0.1, -0.05) is 49.1 Å². The van der Waals surface area contributed by atoms with Crippen LogP contribution in [0.4, 0.5) is 0 Å². The summed E-state index contributed by atoms with van der Waals surface area (Å²) in [6, 6.07) is 8.87. The molecule has 1 aromatic rings. The Balaban J connectivity index is 1.72. The van der Waals surface area contributed by atoms with Crippen LogP contribution in [-0.4, -0.2) is 11.9 Å². The molecule has 1 aromatic carbocycles. The van der Waals surface area contributed by atoms with Gasteiger partial charge in [0, 0.05) is 12.5 Å². The lowest BCUT2D eigenvalue weighted by molar-refractivity contribution is -0.121. The predicted molar refractivity (Wildman–Crippen MR) is 74.5 cm³/mol. The average molecular weight is 245 g/mol. The lowest BCUT2D eigenvalue weighted by Crippen LogP contribution is -2.36. The molecule has 1 amide bonds. The molecule has 2 nitrogen and oxygen atoms in total. The van der Waals surface area contributed by atoms with Gasteiger partial charge in [-0.25, -0.2) is 0 Å². The minimum Gasteiger partial charge on any atom is -0.353 e. The summed E-state index contributed by atoms with van der Waals surface area (Å²) in [5, 5.41) is 3.16. The molecule has 1 fully saturated rings. The van der Waals surface area contributed by atoms with Crippen LogP contribution >= 0.6 is 0 Å². The van der Waals surface area contributed by atoms with E-state index in [-0.39, 0.29) is 5.91 Å². The maximum Gasteiger partial charge on any atom is 0.220 e. The molecule has 0 atom stereocenters. The van der Waals surface area contributed by atoms with Gasteiger partial charge in [-0.3, -0.25) is 4.79 Å². The van der Waals surface area contributed by atoms with E-state index >= 15 is 0 Å². The Labute approximate surface area is 110 Å². The zero-order valence-corrected chi connectivity index (χ0v) is 11.2. The van der Waals surface area contributed by atoms with Crippen molar-refractivity contribution in [2.24, 2.45) is 0 Å². The highest BCUT2D eigenvalue weighted by Crippen LogP contribution is 2.17. The van der Waals surface area contributed by atoms with E-state index in [9.17, 15) is 4.79 Å². The molecule has 0 unspecified atom stereocenters. The van der Waals surface area contributed by atoms with E-state index < -0.39 is 0 Å². The molecule has 2 heteroatoms. The summed E-state index contributed by atoms with van der Waals surface area (Å²) < 4.78 is 0. The minimum absolute atomic E-state index is 0.211. The number of carbonyl (C=O) groups is 1. The molecule has 1 saturated carbocycles. The Kier molecular flexibility index (Phi) is 4.80. The van der Waals surface area contributed by atoms with Gasteiger partial charge in [0.05, 0.1) is 0 Å². The minimum atomic E-state index is 0.211. The molecule has 1 aliphatic rings. The highest BCUT2D eigenvalue weighted by atomic mass is 16.1. The number of hydrogen-bond acceptors (Lipinski definition) is 1. The van der Waals surface area contributed by atoms with E-state index in [2.05, 4.69) is 36.5 Å². The van der Waals surface area contributed by atoms with Gasteiger partial charge in [0.25, 0.3) is 0 Å². The predicted octanol–water partition coefficient (Wildman–Crippen LogP) is 3.38. The molecule has 0 radical (unpaired) electrons. The van der Waals surface area contributed by atoms with E-state index in [1.807, 2.05) is 0 Å². The van der Waals surface area contributed by atoms with E-state index in [1.54, 1.807) is 0 Å². The van der Waals surface area contributed by atoms with Crippen molar-refractivity contribution in [1.82, 2.24) is 5.32 Å². The van der Waals surface area contributed by atoms with E-state index in [0.717, 1.165) is 19.3 Å². The van der Waals surface area contributed by atoms with Gasteiger partial charge in [0.15, 0.2) is 0 Å². The van der Waals surface area contributed by atoms with Gasteiger partial charge in [-0.05, 0) is 31.7 Å². The Morgan fingerprint density at radius 1 is 1.17 bits per heavy atom. The van der Waals surface area contributed by atoms with Crippen molar-refractivity contribution in [1.29, 1.82) is 0 Å². The third-order valence-electron chi connectivity index (χ3n) is 3.73. The molecular formula is C16H23NO. The van der Waals surface area contributed by atoms with Crippen molar-refractivity contribution in [3.63, 3.8) is 0 Å². The maximum absolute atomic E-state index is 11.8. The molecule has 0 spiro atoms. The zero-order chi connectivity index (χ0) is 12.8. The van der Waals surface area contributed by atoms with Gasteiger partial charge >= 0.3 is 0 Å². The molecule has 18 heavy (non-hydrogen) atoms. The summed E-state index contributed by atoms with van der Waals surface area (Å²) in [6.07, 6.45) is 7.65. The molecule has 2 rings (SSSR count). The highest BCUT2D eigenvalue weighted by molar-refractivity contribution is 5.76. The standard InChI is InChI=1S/C16H23NO/c1-13-7-9-14(10-8-13)11-12-16(18)17-15-5-3-2-4-6-15/h7-10,15H,2-6,11-12H2,1H3,(H,17,18). The smallest absolute Gasteiger partial charge is 0.220 e. The first-order chi connectivity index (χ1) is 8.74. The molecule has 98 valence electrons. The second-order valence-electron chi connectivity index (χ2n) is 5.39. The monoisotopic (exact) mass is 245 g/mol. The Hall–Kier alpha value is -1.31. The summed E-state index contributed by atoms with van der Waals surface area (Å²) in [7, 11) is 0. The van der Waals surface area contributed by atoms with Crippen LogP contribution in [0.2, 0.25) is 0 Å². The van der Waals surface area contributed by atoms with Gasteiger partial charge in [0.1, 0.15) is 0 Å². The van der Waals surface area contributed by atoms with Crippen molar-refractivity contribution < 1.29 is 4.79 Å². The first kappa shape index (κ1) is 13.1. The maximum atomic E-state index is 11.8. The van der Waals surface area contributed by atoms with Gasteiger partial charge in [-0.15, -0.1) is 0 Å². The van der Waals surface area contributed by atoms with Crippen molar-refractivity contribution in [2.75, 3.05) is 0 Å². The first-order valence-corrected chi connectivity index (χ1v) is 7.09. The lowest BCUT2D eigenvalue weighted by Gasteiger charge is -2.22. The summed E-state index contributed by atoms with van der Waals surface area (Å²) in [6.45, 7) is 2.08. The molecule has 1 aliphatic carbocycles. The van der Waals surface area contributed by atoms with Crippen molar-refractivity contribution in [2.45, 2.75) is 57.9 Å². The third-order valence-corrected chi connectivity index (χ3v) is 3.73. The fourth-order valence-corrected chi connectivity index (χ4v) is 2.56. The SMILES string of the molecule is Cc1ccc(CCC(=O)NC2CCCCC2)cc1. The Morgan fingerprint density at radius 2 is 1.83 bits per heavy atom. The number of hydrogen-bond donors (Lipinski definition) is 1. The lowest BCUT2D eigenvalue weighted by atomic mass is 9.95. The van der Waals surface area contributed by atoms with Crippen LogP contribution in [0.1, 0.15) is 49.7 Å². The largest absolute Gasteiger partial charge is 0.353 e. The molecule has 1 N–H and O–H groups in total. The van der Waals surface area contributed by atoms with Gasteiger partial charge < -0.3 is 5.32 Å². The van der Waals surface area contributed by atoms with E-state index in [1.165, 1.54) is 30.4 Å². The quantitative estimate of drug-likeness (QED) is 0.865. The van der Waals surface area contributed by atoms with Crippen LogP contribution in [-0.2, 0) is 11.2 Å². The average Bonchev–Trinajstić information content (AvgIpc) is 2.39. The molecule has 0 saturated heterocycles. The summed E-state index contributed by atoms with van der Waals surface area (Å²) in [5.74, 6) is 0.211. The molecule has 0 heterocycles. The number of nitrogens with one attached hydrogen (secondary N) is 1. The summed E-state index contributed by atoms with van der Waals surface area (Å²) >= 11 is 0. The molecular weight excluding hydrogens is 222 g/mol. The number of carbonyl (C=O) groups excluding carboxylic acids is 1. The topological polar surface area (TPSA) is 29.1 Å². The fourth-order valence-electron chi connectivity index (χ4n) is 2.56. The second-order valence-corrected chi connectivity index (χ2v) is 5.39. The normalized spacial score (nSPS) is 16.5. The highest BCUT2D eigenvalue weighted by Gasteiger charge is 2.15. The zero-order valence-electron chi connectivity index (χ0n) is 11.2. The summed E-state index contributed by atoms with van der Waals surface area (Å²) in [5.41, 5.74) is 2.52. The van der Waals surface area contributed by atoms with E-state index in [4.69, 9.17) is 0 Å². The van der Waals surface area contributed by atoms with Crippen LogP contribution < -0.4 is 5.32 Å². The Morgan fingerprint density at radius 3 is 2.50 bits per heavy atom. The molecule has 0 aromatic heterocycles. The number of rotatable bonds is 4. The van der Waals surface area contributed by atoms with Crippen molar-refractivity contribution in [3.8, 4) is 0 Å². The number of aryl methyl sites for hydroxylation is 2. The second kappa shape index (κ2) is 6.58. The van der Waals surface area contributed by atoms with Crippen LogP contribution in [0.25, 0.3) is 0 Å². The van der Waals surface area contributed by atoms with Crippen molar-refractivity contribution >= 4 is 5.91 Å². The van der Waals surface area contributed by atoms with Crippen molar-refractivity contribution in [3.05, 3.63) is 35.4 Å². The van der Waals surface area contributed by atoms with Crippen LogP contribution in [0.5, 0.6) is 0 Å². The van der Waals surface area contributed by atoms with Gasteiger partial charge in [-0.2, -0.15) is 0 Å². The van der Waals surface area contributed by atoms with Crippen LogP contribution in [0, 0.1) is 6.92 Å². The third kappa shape index (κ3) is 4.17. The first-order valence-electron chi connectivity index (χ1n) is 7.09. The van der Waals surface area contributed by atoms with Gasteiger partial charge in [0.2, 0.25) is 5.91 Å². The van der Waals surface area contributed by atoms with Crippen LogP contribution in [0.3, 0.4) is 0 Å².